The Bertz CT molecular complexity index is 541. The number of amides is 1. The number of hydrogen-bond donors (Lipinski definition) is 1. The van der Waals surface area contributed by atoms with Gasteiger partial charge in [0.05, 0.1) is 21.3 Å². The first-order valence-corrected chi connectivity index (χ1v) is 7.83. The fourth-order valence-corrected chi connectivity index (χ4v) is 2.76. The lowest BCUT2D eigenvalue weighted by Crippen LogP contribution is -2.19. The number of hydrogen-bond acceptors (Lipinski definition) is 5. The Morgan fingerprint density at radius 2 is 1.70 bits per heavy atom. The van der Waals surface area contributed by atoms with Gasteiger partial charge in [-0.05, 0) is 30.9 Å². The van der Waals surface area contributed by atoms with E-state index in [9.17, 15) is 4.79 Å². The third-order valence-electron chi connectivity index (χ3n) is 4.03. The van der Waals surface area contributed by atoms with Crippen LogP contribution in [0.15, 0.2) is 17.2 Å². The summed E-state index contributed by atoms with van der Waals surface area (Å²) < 4.78 is 15.7. The largest absolute Gasteiger partial charge is 0.493 e. The zero-order valence-electron chi connectivity index (χ0n) is 13.9. The zero-order chi connectivity index (χ0) is 16.7. The molecule has 1 aromatic rings. The lowest BCUT2D eigenvalue weighted by molar-refractivity contribution is 0.0954. The second-order valence-corrected chi connectivity index (χ2v) is 5.53. The first-order valence-electron chi connectivity index (χ1n) is 7.83. The van der Waals surface area contributed by atoms with Crippen LogP contribution in [0.25, 0.3) is 0 Å². The molecule has 0 radical (unpaired) electrons. The Hall–Kier alpha value is -2.24. The van der Waals surface area contributed by atoms with Crippen molar-refractivity contribution in [2.45, 2.75) is 32.1 Å². The Morgan fingerprint density at radius 3 is 2.22 bits per heavy atom. The Kier molecular flexibility index (Phi) is 6.26. The summed E-state index contributed by atoms with van der Waals surface area (Å²) in [4.78, 5) is 12.2. The Balaban J connectivity index is 2.07. The number of benzene rings is 1. The van der Waals surface area contributed by atoms with E-state index < -0.39 is 0 Å². The highest BCUT2D eigenvalue weighted by Gasteiger charge is 2.17. The first kappa shape index (κ1) is 17.1. The third-order valence-corrected chi connectivity index (χ3v) is 4.03. The van der Waals surface area contributed by atoms with E-state index in [0.29, 0.717) is 28.7 Å². The minimum absolute atomic E-state index is 0.309. The van der Waals surface area contributed by atoms with Gasteiger partial charge >= 0.3 is 0 Å². The van der Waals surface area contributed by atoms with Crippen LogP contribution in [0.4, 0.5) is 0 Å². The van der Waals surface area contributed by atoms with E-state index in [1.807, 2.05) is 6.21 Å². The predicted octanol–water partition coefficient (Wildman–Crippen LogP) is 3.01. The van der Waals surface area contributed by atoms with Crippen molar-refractivity contribution in [3.63, 3.8) is 0 Å². The molecular formula is C17H24N2O4. The number of ether oxygens (including phenoxy) is 3. The second kappa shape index (κ2) is 8.41. The average Bonchev–Trinajstić information content (AvgIpc) is 2.61. The number of nitrogens with one attached hydrogen (secondary N) is 1. The normalized spacial score (nSPS) is 15.4. The average molecular weight is 320 g/mol. The van der Waals surface area contributed by atoms with Crippen molar-refractivity contribution in [2.24, 2.45) is 11.0 Å². The van der Waals surface area contributed by atoms with Gasteiger partial charge in [0, 0.05) is 11.8 Å². The van der Waals surface area contributed by atoms with Crippen molar-refractivity contribution in [3.05, 3.63) is 17.7 Å². The fourth-order valence-electron chi connectivity index (χ4n) is 2.76. The highest BCUT2D eigenvalue weighted by Crippen LogP contribution is 2.38. The molecule has 0 unspecified atom stereocenters. The predicted molar refractivity (Wildman–Crippen MR) is 88.6 cm³/mol. The molecular weight excluding hydrogens is 296 g/mol. The summed E-state index contributed by atoms with van der Waals surface area (Å²) in [6.45, 7) is 0. The van der Waals surface area contributed by atoms with Crippen molar-refractivity contribution in [1.29, 1.82) is 0 Å². The third kappa shape index (κ3) is 4.37. The summed E-state index contributed by atoms with van der Waals surface area (Å²) in [5, 5.41) is 4.09. The van der Waals surface area contributed by atoms with Crippen LogP contribution in [0.5, 0.6) is 17.2 Å². The van der Waals surface area contributed by atoms with E-state index in [4.69, 9.17) is 14.2 Å². The molecule has 6 nitrogen and oxygen atoms in total. The number of rotatable bonds is 6. The Labute approximate surface area is 136 Å². The van der Waals surface area contributed by atoms with Crippen LogP contribution in [-0.4, -0.2) is 33.5 Å². The summed E-state index contributed by atoms with van der Waals surface area (Å²) in [6, 6.07) is 3.21. The molecule has 0 atom stereocenters. The molecule has 6 heteroatoms. The lowest BCUT2D eigenvalue weighted by Gasteiger charge is -2.16. The van der Waals surface area contributed by atoms with E-state index in [1.54, 1.807) is 12.1 Å². The van der Waals surface area contributed by atoms with E-state index in [1.165, 1.54) is 40.6 Å². The molecule has 1 aliphatic carbocycles. The molecule has 1 fully saturated rings. The fraction of sp³-hybridized carbons (Fsp3) is 0.529. The summed E-state index contributed by atoms with van der Waals surface area (Å²) in [5.74, 6) is 1.49. The van der Waals surface area contributed by atoms with Gasteiger partial charge in [-0.25, -0.2) is 5.43 Å². The summed E-state index contributed by atoms with van der Waals surface area (Å²) >= 11 is 0. The highest BCUT2D eigenvalue weighted by molar-refractivity contribution is 5.95. The summed E-state index contributed by atoms with van der Waals surface area (Å²) in [7, 11) is 4.55. The number of methoxy groups -OCH3 is 3. The van der Waals surface area contributed by atoms with Gasteiger partial charge in [-0.15, -0.1) is 0 Å². The smallest absolute Gasteiger partial charge is 0.271 e. The van der Waals surface area contributed by atoms with Crippen LogP contribution in [0, 0.1) is 5.92 Å². The quantitative estimate of drug-likeness (QED) is 0.646. The molecule has 0 saturated heterocycles. The van der Waals surface area contributed by atoms with Crippen LogP contribution in [0.3, 0.4) is 0 Å². The lowest BCUT2D eigenvalue weighted by atomic mass is 9.90. The van der Waals surface area contributed by atoms with E-state index >= 15 is 0 Å². The molecule has 1 aliphatic rings. The van der Waals surface area contributed by atoms with Gasteiger partial charge < -0.3 is 14.2 Å². The molecule has 1 saturated carbocycles. The van der Waals surface area contributed by atoms with Crippen LogP contribution in [0.2, 0.25) is 0 Å². The van der Waals surface area contributed by atoms with Crippen molar-refractivity contribution in [3.8, 4) is 17.2 Å². The minimum Gasteiger partial charge on any atom is -0.493 e. The summed E-state index contributed by atoms with van der Waals surface area (Å²) in [5.41, 5.74) is 2.97. The second-order valence-electron chi connectivity index (χ2n) is 5.53. The van der Waals surface area contributed by atoms with Gasteiger partial charge in [0.1, 0.15) is 0 Å². The van der Waals surface area contributed by atoms with E-state index in [0.717, 1.165) is 12.8 Å². The van der Waals surface area contributed by atoms with E-state index in [-0.39, 0.29) is 5.91 Å². The minimum atomic E-state index is -0.309. The molecule has 23 heavy (non-hydrogen) atoms. The molecule has 1 N–H and O–H groups in total. The van der Waals surface area contributed by atoms with Crippen molar-refractivity contribution < 1.29 is 19.0 Å². The number of carbonyl (C=O) groups is 1. The van der Waals surface area contributed by atoms with Gasteiger partial charge in [0.2, 0.25) is 5.75 Å². The molecule has 1 amide bonds. The number of nitrogens with zero attached hydrogens (tertiary/aromatic N) is 1. The topological polar surface area (TPSA) is 69.2 Å². The molecule has 0 spiro atoms. The molecule has 0 bridgehead atoms. The van der Waals surface area contributed by atoms with Crippen molar-refractivity contribution in [1.82, 2.24) is 5.43 Å². The van der Waals surface area contributed by atoms with Gasteiger partial charge in [-0.1, -0.05) is 19.3 Å². The zero-order valence-corrected chi connectivity index (χ0v) is 13.9. The molecule has 1 aromatic carbocycles. The maximum absolute atomic E-state index is 12.2. The van der Waals surface area contributed by atoms with Gasteiger partial charge in [0.25, 0.3) is 5.91 Å². The van der Waals surface area contributed by atoms with Crippen LogP contribution >= 0.6 is 0 Å². The van der Waals surface area contributed by atoms with Crippen LogP contribution in [-0.2, 0) is 0 Å². The van der Waals surface area contributed by atoms with E-state index in [2.05, 4.69) is 10.5 Å². The highest BCUT2D eigenvalue weighted by atomic mass is 16.5. The van der Waals surface area contributed by atoms with Gasteiger partial charge in [0.15, 0.2) is 11.5 Å². The van der Waals surface area contributed by atoms with Crippen LogP contribution < -0.4 is 19.6 Å². The van der Waals surface area contributed by atoms with Crippen molar-refractivity contribution >= 4 is 12.1 Å². The molecule has 0 heterocycles. The monoisotopic (exact) mass is 320 g/mol. The van der Waals surface area contributed by atoms with Gasteiger partial charge in [-0.2, -0.15) is 5.10 Å². The standard InChI is InChI=1S/C17H24N2O4/c1-21-14-9-13(10-15(22-2)16(14)23-3)17(20)19-18-11-12-7-5-4-6-8-12/h9-12H,4-8H2,1-3H3,(H,19,20). The maximum Gasteiger partial charge on any atom is 0.271 e. The molecule has 126 valence electrons. The van der Waals surface area contributed by atoms with Gasteiger partial charge in [-0.3, -0.25) is 4.79 Å². The molecule has 0 aliphatic heterocycles. The van der Waals surface area contributed by atoms with Crippen LogP contribution in [0.1, 0.15) is 42.5 Å². The number of carbonyl (C=O) groups excluding carboxylic acids is 1. The SMILES string of the molecule is COc1cc(C(=O)NN=CC2CCCCC2)cc(OC)c1OC. The maximum atomic E-state index is 12.2. The van der Waals surface area contributed by atoms with Crippen molar-refractivity contribution in [2.75, 3.05) is 21.3 Å². The molecule has 0 aromatic heterocycles. The first-order chi connectivity index (χ1) is 11.2. The number of hydrazone groups is 1. The molecule has 2 rings (SSSR count). The summed E-state index contributed by atoms with van der Waals surface area (Å²) in [6.07, 6.45) is 7.89. The Morgan fingerprint density at radius 1 is 1.09 bits per heavy atom.